The Morgan fingerprint density at radius 1 is 0.446 bits per heavy atom. The van der Waals surface area contributed by atoms with Crippen molar-refractivity contribution in [2.24, 2.45) is 0 Å². The second kappa shape index (κ2) is 43.5. The average Bonchev–Trinajstić information content (AvgIpc) is 3.27. The Kier molecular flexibility index (Phi) is 41.5. The van der Waals surface area contributed by atoms with Gasteiger partial charge < -0.3 is 33.5 Å². The summed E-state index contributed by atoms with van der Waals surface area (Å²) < 4.78 is 29.5. The van der Waals surface area contributed by atoms with Crippen LogP contribution in [0.3, 0.4) is 0 Å². The van der Waals surface area contributed by atoms with Crippen LogP contribution < -0.4 is 0 Å². The number of nitrogens with zero attached hydrogens (tertiary/aromatic N) is 2. The molecule has 0 fully saturated rings. The highest BCUT2D eigenvalue weighted by atomic mass is 16.6. The summed E-state index contributed by atoms with van der Waals surface area (Å²) in [5.41, 5.74) is -1.53. The first-order valence-electron chi connectivity index (χ1n) is 26.1. The van der Waals surface area contributed by atoms with Crippen molar-refractivity contribution in [2.75, 3.05) is 61.1 Å². The summed E-state index contributed by atoms with van der Waals surface area (Å²) in [4.78, 5) is 56.5. The highest BCUT2D eigenvalue weighted by Gasteiger charge is 2.39. The van der Waals surface area contributed by atoms with E-state index in [0.717, 1.165) is 77.0 Å². The van der Waals surface area contributed by atoms with Gasteiger partial charge in [0.2, 0.25) is 0 Å². The highest BCUT2D eigenvalue weighted by Crippen LogP contribution is 2.29. The van der Waals surface area contributed by atoms with Crippen LogP contribution in [0.5, 0.6) is 0 Å². The first-order chi connectivity index (χ1) is 31.4. The number of ether oxygens (including phenoxy) is 5. The predicted molar refractivity (Wildman–Crippen MR) is 266 cm³/mol. The van der Waals surface area contributed by atoms with Gasteiger partial charge in [0, 0.05) is 32.5 Å². The minimum Gasteiger partial charge on any atom is -0.462 e. The van der Waals surface area contributed by atoms with E-state index >= 15 is 0 Å². The summed E-state index contributed by atoms with van der Waals surface area (Å²) in [7, 11) is 7.45. The van der Waals surface area contributed by atoms with Crippen LogP contribution in [0.25, 0.3) is 0 Å². The summed E-state index contributed by atoms with van der Waals surface area (Å²) in [5.74, 6) is -2.30. The molecule has 0 aromatic heterocycles. The van der Waals surface area contributed by atoms with Gasteiger partial charge in [-0.2, -0.15) is 0 Å². The van der Waals surface area contributed by atoms with Gasteiger partial charge in [-0.1, -0.05) is 141 Å². The van der Waals surface area contributed by atoms with Crippen molar-refractivity contribution in [3.63, 3.8) is 0 Å². The maximum absolute atomic E-state index is 13.6. The van der Waals surface area contributed by atoms with Gasteiger partial charge in [-0.3, -0.25) is 19.2 Å². The first kappa shape index (κ1) is 62.0. The number of rotatable bonds is 45. The second-order valence-electron chi connectivity index (χ2n) is 18.5. The largest absolute Gasteiger partial charge is 0.462 e. The van der Waals surface area contributed by atoms with Gasteiger partial charge >= 0.3 is 23.9 Å². The van der Waals surface area contributed by atoms with Crippen LogP contribution in [0.1, 0.15) is 220 Å². The molecule has 0 amide bonds. The van der Waals surface area contributed by atoms with Crippen LogP contribution >= 0.6 is 0 Å². The van der Waals surface area contributed by atoms with E-state index in [1.807, 2.05) is 38.0 Å². The van der Waals surface area contributed by atoms with Crippen molar-refractivity contribution in [1.29, 1.82) is 0 Å². The molecule has 0 aliphatic rings. The van der Waals surface area contributed by atoms with Gasteiger partial charge in [-0.25, -0.2) is 0 Å². The average molecular weight is 919 g/mol. The zero-order valence-corrected chi connectivity index (χ0v) is 43.1. The monoisotopic (exact) mass is 919 g/mol. The van der Waals surface area contributed by atoms with Crippen molar-refractivity contribution in [2.45, 2.75) is 226 Å². The van der Waals surface area contributed by atoms with Crippen molar-refractivity contribution in [3.05, 3.63) is 35.8 Å². The SMILES string of the molecule is CCCCCCCC/C=C\CCCCCCCC(=O)O/C(COC(=O)CCN(C)C)=C(\OC(=O)CCCCCCC/C=C\CCCCCCCC)C(C)(COC(=O)CCN(C)C)OCC. The third-order valence-corrected chi connectivity index (χ3v) is 11.3. The van der Waals surface area contributed by atoms with Crippen molar-refractivity contribution >= 4 is 23.9 Å². The van der Waals surface area contributed by atoms with Crippen LogP contribution in [0.2, 0.25) is 0 Å². The Morgan fingerprint density at radius 3 is 1.22 bits per heavy atom. The molecule has 378 valence electrons. The quantitative estimate of drug-likeness (QED) is 0.0191. The highest BCUT2D eigenvalue weighted by molar-refractivity contribution is 5.73. The van der Waals surface area contributed by atoms with E-state index in [0.29, 0.717) is 25.9 Å². The third kappa shape index (κ3) is 38.8. The zero-order chi connectivity index (χ0) is 48.2. The number of carbonyl (C=O) groups excluding carboxylic acids is 4. The van der Waals surface area contributed by atoms with Gasteiger partial charge in [0.15, 0.2) is 23.7 Å². The lowest BCUT2D eigenvalue weighted by atomic mass is 10.0. The van der Waals surface area contributed by atoms with Crippen LogP contribution in [0.15, 0.2) is 35.8 Å². The minimum absolute atomic E-state index is 0.111. The minimum atomic E-state index is -1.53. The fourth-order valence-corrected chi connectivity index (χ4v) is 7.26. The molecule has 0 aliphatic carbocycles. The molecule has 0 aromatic rings. The first-order valence-corrected chi connectivity index (χ1v) is 26.1. The molecule has 0 aliphatic heterocycles. The topological polar surface area (TPSA) is 121 Å². The van der Waals surface area contributed by atoms with E-state index in [1.54, 1.807) is 13.8 Å². The van der Waals surface area contributed by atoms with Gasteiger partial charge in [0.25, 0.3) is 0 Å². The normalized spacial score (nSPS) is 13.1. The van der Waals surface area contributed by atoms with Gasteiger partial charge in [-0.15, -0.1) is 0 Å². The summed E-state index contributed by atoms with van der Waals surface area (Å²) in [6, 6.07) is 0. The van der Waals surface area contributed by atoms with Crippen molar-refractivity contribution in [1.82, 2.24) is 9.80 Å². The molecule has 0 saturated carbocycles. The molecular formula is C54H98N2O9. The molecule has 0 aromatic carbocycles. The maximum Gasteiger partial charge on any atom is 0.311 e. The molecule has 0 bridgehead atoms. The molecule has 0 radical (unpaired) electrons. The zero-order valence-electron chi connectivity index (χ0n) is 43.1. The summed E-state index contributed by atoms with van der Waals surface area (Å²) in [6.45, 7) is 8.24. The Labute approximate surface area is 398 Å². The Hall–Kier alpha value is -3.02. The molecule has 1 atom stereocenters. The van der Waals surface area contributed by atoms with Crippen LogP contribution in [0.4, 0.5) is 0 Å². The molecule has 0 spiro atoms. The number of unbranched alkanes of at least 4 members (excludes halogenated alkanes) is 22. The van der Waals surface area contributed by atoms with Crippen LogP contribution in [-0.4, -0.2) is 100 Å². The lowest BCUT2D eigenvalue weighted by molar-refractivity contribution is -0.161. The fourth-order valence-electron chi connectivity index (χ4n) is 7.26. The third-order valence-electron chi connectivity index (χ3n) is 11.3. The van der Waals surface area contributed by atoms with Gasteiger partial charge in [0.1, 0.15) is 6.61 Å². The molecule has 0 saturated heterocycles. The van der Waals surface area contributed by atoms with E-state index in [9.17, 15) is 19.2 Å². The molecule has 0 N–H and O–H groups in total. The predicted octanol–water partition coefficient (Wildman–Crippen LogP) is 13.1. The van der Waals surface area contributed by atoms with Crippen LogP contribution in [-0.2, 0) is 42.9 Å². The molecule has 11 heteroatoms. The lowest BCUT2D eigenvalue weighted by Crippen LogP contribution is -2.41. The second-order valence-corrected chi connectivity index (χ2v) is 18.5. The molecule has 11 nitrogen and oxygen atoms in total. The summed E-state index contributed by atoms with van der Waals surface area (Å²) >= 11 is 0. The molecule has 1 unspecified atom stereocenters. The molecular weight excluding hydrogens is 821 g/mol. The van der Waals surface area contributed by atoms with E-state index < -0.39 is 36.1 Å². The van der Waals surface area contributed by atoms with Gasteiger partial charge in [-0.05, 0) is 106 Å². The standard InChI is InChI=1S/C54H98N2O9/c1-9-12-14-16-18-20-22-24-26-28-30-32-34-36-38-40-51(59)64-48(46-61-49(57)42-44-55(5)6)53(54(4,63-11-3)47-62-50(58)43-45-56(7)8)65-52(60)41-39-37-35-33-31-29-27-25-23-21-19-17-15-13-10-2/h24-27H,9-23,28-47H2,1-8H3/b26-24-,27-25-,53-48-. The number of allylic oxidation sites excluding steroid dienone is 4. The van der Waals surface area contributed by atoms with E-state index in [1.165, 1.54) is 77.0 Å². The summed E-state index contributed by atoms with van der Waals surface area (Å²) in [5, 5.41) is 0. The number of hydrogen-bond donors (Lipinski definition) is 0. The molecule has 0 rings (SSSR count). The van der Waals surface area contributed by atoms with E-state index in [-0.39, 0.29) is 50.4 Å². The Morgan fingerprint density at radius 2 is 0.815 bits per heavy atom. The molecule has 0 heterocycles. The van der Waals surface area contributed by atoms with Crippen molar-refractivity contribution < 1.29 is 42.9 Å². The number of esters is 4. The number of hydrogen-bond acceptors (Lipinski definition) is 11. The Bertz CT molecular complexity index is 1290. The van der Waals surface area contributed by atoms with Crippen molar-refractivity contribution in [3.8, 4) is 0 Å². The van der Waals surface area contributed by atoms with Crippen LogP contribution in [0, 0.1) is 0 Å². The Balaban J connectivity index is 5.72. The lowest BCUT2D eigenvalue weighted by Gasteiger charge is -2.32. The van der Waals surface area contributed by atoms with Gasteiger partial charge in [0.05, 0.1) is 12.8 Å². The smallest absolute Gasteiger partial charge is 0.311 e. The van der Waals surface area contributed by atoms with E-state index in [2.05, 4.69) is 38.2 Å². The fraction of sp³-hybridized carbons (Fsp3) is 0.815. The number of carbonyl (C=O) groups is 4. The van der Waals surface area contributed by atoms with E-state index in [4.69, 9.17) is 23.7 Å². The summed E-state index contributed by atoms with van der Waals surface area (Å²) in [6.07, 6.45) is 39.4. The molecule has 65 heavy (non-hydrogen) atoms. The maximum atomic E-state index is 13.6.